The van der Waals surface area contributed by atoms with Gasteiger partial charge in [0.05, 0.1) is 17.5 Å². The third kappa shape index (κ3) is 3.86. The minimum absolute atomic E-state index is 0.257. The smallest absolute Gasteiger partial charge is 0.335 e. The molecule has 0 amide bonds. The van der Waals surface area contributed by atoms with Crippen LogP contribution in [-0.4, -0.2) is 23.5 Å². The molecular weight excluding hydrogens is 272 g/mol. The highest BCUT2D eigenvalue weighted by molar-refractivity contribution is 7.98. The molecule has 2 aromatic carbocycles. The van der Waals surface area contributed by atoms with Crippen molar-refractivity contribution in [2.75, 3.05) is 11.7 Å². The highest BCUT2D eigenvalue weighted by Crippen LogP contribution is 2.14. The summed E-state index contributed by atoms with van der Waals surface area (Å²) in [6.45, 7) is 0. The van der Waals surface area contributed by atoms with Gasteiger partial charge in [0.1, 0.15) is 0 Å². The second kappa shape index (κ2) is 6.77. The molecule has 0 fully saturated rings. The molecule has 0 saturated heterocycles. The molecule has 0 radical (unpaired) electrons. The van der Waals surface area contributed by atoms with Gasteiger partial charge in [-0.25, -0.2) is 4.79 Å². The average Bonchev–Trinajstić information content (AvgIpc) is 2.48. The summed E-state index contributed by atoms with van der Waals surface area (Å²) in [4.78, 5) is 11.9. The number of nitrogens with zero attached hydrogens (tertiary/aromatic N) is 1. The van der Waals surface area contributed by atoms with Crippen molar-refractivity contribution in [3.05, 3.63) is 59.7 Å². The normalized spacial score (nSPS) is 10.7. The van der Waals surface area contributed by atoms with Crippen LogP contribution in [0.3, 0.4) is 0 Å². The zero-order valence-electron chi connectivity index (χ0n) is 10.9. The first kappa shape index (κ1) is 14.1. The molecule has 2 N–H and O–H groups in total. The van der Waals surface area contributed by atoms with E-state index in [9.17, 15) is 4.79 Å². The fraction of sp³-hybridized carbons (Fsp3) is 0.0667. The summed E-state index contributed by atoms with van der Waals surface area (Å²) >= 11 is 1.69. The first-order valence-corrected chi connectivity index (χ1v) is 7.18. The Labute approximate surface area is 121 Å². The molecule has 0 aromatic heterocycles. The quantitative estimate of drug-likeness (QED) is 0.501. The van der Waals surface area contributed by atoms with E-state index in [4.69, 9.17) is 5.11 Å². The summed E-state index contributed by atoms with van der Waals surface area (Å²) in [5.41, 5.74) is 4.86. The maximum absolute atomic E-state index is 10.7. The monoisotopic (exact) mass is 286 g/mol. The van der Waals surface area contributed by atoms with E-state index in [0.29, 0.717) is 0 Å². The lowest BCUT2D eigenvalue weighted by Crippen LogP contribution is -1.96. The van der Waals surface area contributed by atoms with Gasteiger partial charge in [0.2, 0.25) is 0 Å². The Bertz CT molecular complexity index is 607. The van der Waals surface area contributed by atoms with Crippen LogP contribution in [0.4, 0.5) is 5.69 Å². The van der Waals surface area contributed by atoms with Crippen LogP contribution in [0, 0.1) is 0 Å². The highest BCUT2D eigenvalue weighted by Gasteiger charge is 2.00. The van der Waals surface area contributed by atoms with Gasteiger partial charge in [0.25, 0.3) is 0 Å². The Kier molecular flexibility index (Phi) is 4.79. The molecule has 0 saturated carbocycles. The fourth-order valence-corrected chi connectivity index (χ4v) is 1.97. The van der Waals surface area contributed by atoms with E-state index in [2.05, 4.69) is 10.5 Å². The second-order valence-electron chi connectivity index (χ2n) is 4.03. The number of benzene rings is 2. The molecule has 20 heavy (non-hydrogen) atoms. The summed E-state index contributed by atoms with van der Waals surface area (Å²) in [7, 11) is 0. The van der Waals surface area contributed by atoms with Crippen LogP contribution in [-0.2, 0) is 0 Å². The van der Waals surface area contributed by atoms with Crippen molar-refractivity contribution in [1.82, 2.24) is 0 Å². The van der Waals surface area contributed by atoms with Crippen molar-refractivity contribution in [3.8, 4) is 0 Å². The van der Waals surface area contributed by atoms with Crippen molar-refractivity contribution in [3.63, 3.8) is 0 Å². The predicted molar refractivity (Wildman–Crippen MR) is 82.8 cm³/mol. The van der Waals surface area contributed by atoms with Gasteiger partial charge in [-0.05, 0) is 48.2 Å². The van der Waals surface area contributed by atoms with Crippen molar-refractivity contribution in [2.45, 2.75) is 4.90 Å². The van der Waals surface area contributed by atoms with E-state index in [0.717, 1.165) is 11.3 Å². The minimum Gasteiger partial charge on any atom is -0.478 e. The molecular formula is C15H14N2O2S. The van der Waals surface area contributed by atoms with Gasteiger partial charge in [-0.2, -0.15) is 5.10 Å². The minimum atomic E-state index is -0.936. The summed E-state index contributed by atoms with van der Waals surface area (Å²) in [6.07, 6.45) is 3.75. The third-order valence-electron chi connectivity index (χ3n) is 2.65. The SMILES string of the molecule is CSc1ccc(/C=N/Nc2ccc(C(=O)O)cc2)cc1. The molecule has 102 valence electrons. The number of hydrogen-bond donors (Lipinski definition) is 2. The number of thioether (sulfide) groups is 1. The zero-order valence-corrected chi connectivity index (χ0v) is 11.7. The summed E-state index contributed by atoms with van der Waals surface area (Å²) in [6, 6.07) is 14.5. The number of hydrogen-bond acceptors (Lipinski definition) is 4. The number of rotatable bonds is 5. The highest BCUT2D eigenvalue weighted by atomic mass is 32.2. The van der Waals surface area contributed by atoms with E-state index >= 15 is 0 Å². The van der Waals surface area contributed by atoms with Crippen LogP contribution < -0.4 is 5.43 Å². The zero-order chi connectivity index (χ0) is 14.4. The van der Waals surface area contributed by atoms with Gasteiger partial charge >= 0.3 is 5.97 Å². The molecule has 0 aliphatic heterocycles. The third-order valence-corrected chi connectivity index (χ3v) is 3.40. The maximum Gasteiger partial charge on any atom is 0.335 e. The standard InChI is InChI=1S/C15H14N2O2S/c1-20-14-8-2-11(3-9-14)10-16-17-13-6-4-12(5-7-13)15(18)19/h2-10,17H,1H3,(H,18,19)/b16-10+. The van der Waals surface area contributed by atoms with Crippen molar-refractivity contribution < 1.29 is 9.90 Å². The Morgan fingerprint density at radius 3 is 2.35 bits per heavy atom. The lowest BCUT2D eigenvalue weighted by atomic mass is 10.2. The van der Waals surface area contributed by atoms with Crippen LogP contribution in [0.1, 0.15) is 15.9 Å². The molecule has 0 aliphatic carbocycles. The van der Waals surface area contributed by atoms with Crippen LogP contribution >= 0.6 is 11.8 Å². The second-order valence-corrected chi connectivity index (χ2v) is 4.91. The van der Waals surface area contributed by atoms with Crippen molar-refractivity contribution >= 4 is 29.6 Å². The van der Waals surface area contributed by atoms with Gasteiger partial charge in [-0.15, -0.1) is 11.8 Å². The molecule has 2 aromatic rings. The largest absolute Gasteiger partial charge is 0.478 e. The fourth-order valence-electron chi connectivity index (χ4n) is 1.56. The number of nitrogens with one attached hydrogen (secondary N) is 1. The number of carboxylic acid groups (broad SMARTS) is 1. The number of carbonyl (C=O) groups is 1. The lowest BCUT2D eigenvalue weighted by molar-refractivity contribution is 0.0697. The number of hydrazone groups is 1. The van der Waals surface area contributed by atoms with Crippen LogP contribution in [0.15, 0.2) is 58.5 Å². The lowest BCUT2D eigenvalue weighted by Gasteiger charge is -2.01. The molecule has 0 bridgehead atoms. The number of anilines is 1. The van der Waals surface area contributed by atoms with E-state index in [1.54, 1.807) is 30.1 Å². The van der Waals surface area contributed by atoms with Crippen LogP contribution in [0.25, 0.3) is 0 Å². The summed E-state index contributed by atoms with van der Waals surface area (Å²) in [5, 5.41) is 12.9. The first-order chi connectivity index (χ1) is 9.69. The molecule has 0 spiro atoms. The first-order valence-electron chi connectivity index (χ1n) is 5.95. The van der Waals surface area contributed by atoms with Gasteiger partial charge in [-0.1, -0.05) is 12.1 Å². The van der Waals surface area contributed by atoms with Crippen LogP contribution in [0.5, 0.6) is 0 Å². The van der Waals surface area contributed by atoms with E-state index < -0.39 is 5.97 Å². The van der Waals surface area contributed by atoms with Gasteiger partial charge in [0, 0.05) is 4.90 Å². The number of carboxylic acids is 1. The molecule has 4 nitrogen and oxygen atoms in total. The number of aromatic carboxylic acids is 1. The Hall–Kier alpha value is -2.27. The maximum atomic E-state index is 10.7. The Balaban J connectivity index is 1.96. The van der Waals surface area contributed by atoms with Crippen molar-refractivity contribution in [1.29, 1.82) is 0 Å². The summed E-state index contributed by atoms with van der Waals surface area (Å²) in [5.74, 6) is -0.936. The van der Waals surface area contributed by atoms with E-state index in [-0.39, 0.29) is 5.56 Å². The molecule has 2 rings (SSSR count). The predicted octanol–water partition coefficient (Wildman–Crippen LogP) is 3.55. The van der Waals surface area contributed by atoms with E-state index in [1.165, 1.54) is 17.0 Å². The molecule has 5 heteroatoms. The Morgan fingerprint density at radius 2 is 1.80 bits per heavy atom. The topological polar surface area (TPSA) is 61.7 Å². The van der Waals surface area contributed by atoms with Gasteiger partial charge < -0.3 is 5.11 Å². The Morgan fingerprint density at radius 1 is 1.15 bits per heavy atom. The average molecular weight is 286 g/mol. The summed E-state index contributed by atoms with van der Waals surface area (Å²) < 4.78 is 0. The molecule has 0 atom stereocenters. The molecule has 0 heterocycles. The van der Waals surface area contributed by atoms with Gasteiger partial charge in [-0.3, -0.25) is 5.43 Å². The molecule has 0 aliphatic rings. The van der Waals surface area contributed by atoms with Crippen LogP contribution in [0.2, 0.25) is 0 Å². The van der Waals surface area contributed by atoms with Crippen molar-refractivity contribution in [2.24, 2.45) is 5.10 Å². The molecule has 0 unspecified atom stereocenters. The van der Waals surface area contributed by atoms with E-state index in [1.807, 2.05) is 30.5 Å². The van der Waals surface area contributed by atoms with Gasteiger partial charge in [0.15, 0.2) is 0 Å².